The van der Waals surface area contributed by atoms with E-state index in [1.807, 2.05) is 6.92 Å². The molecule has 0 aliphatic heterocycles. The molecule has 1 unspecified atom stereocenters. The molecule has 2 rings (SSSR count). The molecule has 0 fully saturated rings. The first kappa shape index (κ1) is 29.0. The number of hydrogen-bond donors (Lipinski definition) is 8. The smallest absolute Gasteiger partial charge is 0.305 e. The van der Waals surface area contributed by atoms with Gasteiger partial charge in [0.15, 0.2) is 0 Å². The summed E-state index contributed by atoms with van der Waals surface area (Å²) in [4.78, 5) is 36.6. The fraction of sp³-hybridized carbons (Fsp3) is 0.346. The fourth-order valence-electron chi connectivity index (χ4n) is 3.60. The van der Waals surface area contributed by atoms with E-state index >= 15 is 0 Å². The molecule has 0 aliphatic carbocycles. The lowest BCUT2D eigenvalue weighted by Gasteiger charge is -2.20. The Morgan fingerprint density at radius 1 is 1.03 bits per heavy atom. The van der Waals surface area contributed by atoms with Crippen LogP contribution in [0.4, 0.5) is 5.69 Å². The van der Waals surface area contributed by atoms with E-state index in [4.69, 9.17) is 0 Å². The molecule has 37 heavy (non-hydrogen) atoms. The van der Waals surface area contributed by atoms with Crippen molar-refractivity contribution < 1.29 is 34.8 Å². The van der Waals surface area contributed by atoms with Gasteiger partial charge in [-0.05, 0) is 38.0 Å². The van der Waals surface area contributed by atoms with Crippen LogP contribution in [-0.4, -0.2) is 57.4 Å². The number of aliphatic hydroxyl groups is 1. The molecular formula is C26H34N4O7. The number of amides is 2. The SMILES string of the molecule is C=C(NCC(O)CC)Nc1cc(O)cc(C(=O)NCC(=O)N[C@H](CC(=O)O)c2cc(C)cc(C)c2O)c1. The molecule has 0 aliphatic rings. The van der Waals surface area contributed by atoms with Crippen LogP contribution in [0.15, 0.2) is 42.7 Å². The number of rotatable bonds is 13. The Morgan fingerprint density at radius 2 is 1.73 bits per heavy atom. The van der Waals surface area contributed by atoms with Crippen molar-refractivity contribution in [2.75, 3.05) is 18.4 Å². The van der Waals surface area contributed by atoms with Gasteiger partial charge in [-0.1, -0.05) is 31.2 Å². The molecule has 0 saturated carbocycles. The van der Waals surface area contributed by atoms with Gasteiger partial charge in [-0.2, -0.15) is 0 Å². The van der Waals surface area contributed by atoms with E-state index in [1.54, 1.807) is 26.0 Å². The van der Waals surface area contributed by atoms with Crippen molar-refractivity contribution >= 4 is 23.5 Å². The van der Waals surface area contributed by atoms with Gasteiger partial charge < -0.3 is 41.7 Å². The van der Waals surface area contributed by atoms with E-state index in [9.17, 15) is 34.8 Å². The van der Waals surface area contributed by atoms with Gasteiger partial charge in [0.2, 0.25) is 5.91 Å². The number of carboxylic acids is 1. The van der Waals surface area contributed by atoms with E-state index in [2.05, 4.69) is 27.8 Å². The Kier molecular flexibility index (Phi) is 10.3. The van der Waals surface area contributed by atoms with E-state index in [0.29, 0.717) is 23.5 Å². The summed E-state index contributed by atoms with van der Waals surface area (Å²) in [5.41, 5.74) is 2.01. The van der Waals surface area contributed by atoms with Gasteiger partial charge in [0.1, 0.15) is 11.5 Å². The lowest BCUT2D eigenvalue weighted by molar-refractivity contribution is -0.137. The van der Waals surface area contributed by atoms with E-state index in [1.165, 1.54) is 18.2 Å². The molecule has 0 spiro atoms. The number of hydrogen-bond acceptors (Lipinski definition) is 8. The van der Waals surface area contributed by atoms with Gasteiger partial charge in [0, 0.05) is 29.4 Å². The van der Waals surface area contributed by atoms with Crippen molar-refractivity contribution in [2.24, 2.45) is 0 Å². The zero-order valence-corrected chi connectivity index (χ0v) is 21.1. The highest BCUT2D eigenvalue weighted by Gasteiger charge is 2.23. The number of carboxylic acid groups (broad SMARTS) is 1. The lowest BCUT2D eigenvalue weighted by atomic mass is 9.97. The monoisotopic (exact) mass is 514 g/mol. The number of benzene rings is 2. The van der Waals surface area contributed by atoms with Gasteiger partial charge in [-0.25, -0.2) is 0 Å². The molecular weight excluding hydrogens is 480 g/mol. The summed E-state index contributed by atoms with van der Waals surface area (Å²) in [6, 6.07) is 6.35. The Bertz CT molecular complexity index is 1170. The number of aryl methyl sites for hydroxylation is 2. The highest BCUT2D eigenvalue weighted by Crippen LogP contribution is 2.31. The summed E-state index contributed by atoms with van der Waals surface area (Å²) in [5.74, 6) is -2.45. The summed E-state index contributed by atoms with van der Waals surface area (Å²) < 4.78 is 0. The number of nitrogens with one attached hydrogen (secondary N) is 4. The molecule has 0 heterocycles. The molecule has 0 aromatic heterocycles. The topological polar surface area (TPSA) is 180 Å². The van der Waals surface area contributed by atoms with E-state index in [-0.39, 0.29) is 29.2 Å². The van der Waals surface area contributed by atoms with Gasteiger partial charge in [0.25, 0.3) is 5.91 Å². The summed E-state index contributed by atoms with van der Waals surface area (Å²) in [6.45, 7) is 8.87. The lowest BCUT2D eigenvalue weighted by Crippen LogP contribution is -2.39. The molecule has 8 N–H and O–H groups in total. The van der Waals surface area contributed by atoms with Crippen molar-refractivity contribution in [3.63, 3.8) is 0 Å². The van der Waals surface area contributed by atoms with Crippen LogP contribution in [-0.2, 0) is 9.59 Å². The maximum atomic E-state index is 12.6. The molecule has 2 aromatic rings. The Labute approximate surface area is 215 Å². The molecule has 200 valence electrons. The van der Waals surface area contributed by atoms with Crippen LogP contribution in [0.25, 0.3) is 0 Å². The van der Waals surface area contributed by atoms with Gasteiger partial charge in [0.05, 0.1) is 30.9 Å². The van der Waals surface area contributed by atoms with Crippen LogP contribution in [0.3, 0.4) is 0 Å². The van der Waals surface area contributed by atoms with E-state index in [0.717, 1.165) is 5.56 Å². The van der Waals surface area contributed by atoms with Gasteiger partial charge in [-0.15, -0.1) is 0 Å². The second kappa shape index (κ2) is 13.2. The molecule has 0 bridgehead atoms. The first-order chi connectivity index (χ1) is 17.4. The molecule has 0 saturated heterocycles. The average molecular weight is 515 g/mol. The fourth-order valence-corrected chi connectivity index (χ4v) is 3.60. The number of anilines is 1. The van der Waals surface area contributed by atoms with Crippen LogP contribution in [0.1, 0.15) is 52.9 Å². The second-order valence-electron chi connectivity index (χ2n) is 8.74. The zero-order chi connectivity index (χ0) is 27.7. The van der Waals surface area contributed by atoms with Crippen molar-refractivity contribution in [3.8, 4) is 11.5 Å². The number of aromatic hydroxyl groups is 2. The van der Waals surface area contributed by atoms with Crippen molar-refractivity contribution in [3.05, 3.63) is 65.0 Å². The number of carbonyl (C=O) groups is 3. The molecule has 2 atom stereocenters. The predicted octanol–water partition coefficient (Wildman–Crippen LogP) is 2.02. The van der Waals surface area contributed by atoms with Crippen molar-refractivity contribution in [2.45, 2.75) is 45.8 Å². The largest absolute Gasteiger partial charge is 0.508 e. The number of carbonyl (C=O) groups excluding carboxylic acids is 2. The highest BCUT2D eigenvalue weighted by atomic mass is 16.4. The first-order valence-corrected chi connectivity index (χ1v) is 11.7. The summed E-state index contributed by atoms with van der Waals surface area (Å²) >= 11 is 0. The van der Waals surface area contributed by atoms with Crippen LogP contribution in [0.5, 0.6) is 11.5 Å². The van der Waals surface area contributed by atoms with E-state index < -0.39 is 42.9 Å². The number of aliphatic carboxylic acids is 1. The second-order valence-corrected chi connectivity index (χ2v) is 8.74. The molecule has 11 heteroatoms. The van der Waals surface area contributed by atoms with Crippen LogP contribution in [0.2, 0.25) is 0 Å². The number of aliphatic hydroxyl groups excluding tert-OH is 1. The Balaban J connectivity index is 2.05. The molecule has 2 aromatic carbocycles. The highest BCUT2D eigenvalue weighted by molar-refractivity contribution is 5.97. The third kappa shape index (κ3) is 9.04. The first-order valence-electron chi connectivity index (χ1n) is 11.7. The van der Waals surface area contributed by atoms with Crippen molar-refractivity contribution in [1.82, 2.24) is 16.0 Å². The van der Waals surface area contributed by atoms with Crippen molar-refractivity contribution in [1.29, 1.82) is 0 Å². The summed E-state index contributed by atoms with van der Waals surface area (Å²) in [6.07, 6.45) is -0.456. The van der Waals surface area contributed by atoms with Crippen LogP contribution in [0, 0.1) is 13.8 Å². The summed E-state index contributed by atoms with van der Waals surface area (Å²) in [5, 5.41) is 50.1. The maximum absolute atomic E-state index is 12.6. The minimum atomic E-state index is -1.17. The van der Waals surface area contributed by atoms with Gasteiger partial charge >= 0.3 is 5.97 Å². The average Bonchev–Trinajstić information content (AvgIpc) is 2.82. The third-order valence-electron chi connectivity index (χ3n) is 5.47. The third-order valence-corrected chi connectivity index (χ3v) is 5.47. The Hall–Kier alpha value is -4.25. The predicted molar refractivity (Wildman–Crippen MR) is 138 cm³/mol. The molecule has 2 amide bonds. The van der Waals surface area contributed by atoms with Crippen LogP contribution >= 0.6 is 0 Å². The minimum absolute atomic E-state index is 0.0609. The van der Waals surface area contributed by atoms with Crippen LogP contribution < -0.4 is 21.3 Å². The number of phenolic OH excluding ortho intramolecular Hbond substituents is 2. The molecule has 11 nitrogen and oxygen atoms in total. The normalized spacial score (nSPS) is 12.2. The van der Waals surface area contributed by atoms with Gasteiger partial charge in [-0.3, -0.25) is 14.4 Å². The zero-order valence-electron chi connectivity index (χ0n) is 21.1. The quantitative estimate of drug-likeness (QED) is 0.198. The number of phenols is 2. The molecule has 0 radical (unpaired) electrons. The maximum Gasteiger partial charge on any atom is 0.305 e. The Morgan fingerprint density at radius 3 is 2.38 bits per heavy atom. The summed E-state index contributed by atoms with van der Waals surface area (Å²) in [7, 11) is 0. The standard InChI is InChI=1S/C26H34N4O7/c1-5-19(31)12-27-16(4)29-18-8-17(9-20(32)10-18)26(37)28-13-23(33)30-22(11-24(34)35)21-7-14(2)6-15(3)25(21)36/h6-10,19,22,27,29,31-32,36H,4-5,11-13H2,1-3H3,(H,28,37)(H,30,33)(H,34,35)/t19?,22-/m1/s1. The minimum Gasteiger partial charge on any atom is -0.508 e.